The topological polar surface area (TPSA) is 171 Å². The van der Waals surface area contributed by atoms with Gasteiger partial charge in [-0.1, -0.05) is 86.1 Å². The van der Waals surface area contributed by atoms with Gasteiger partial charge < -0.3 is 24.8 Å². The molecule has 0 aliphatic rings. The fourth-order valence-electron chi connectivity index (χ4n) is 5.04. The zero-order valence-corrected chi connectivity index (χ0v) is 31.8. The van der Waals surface area contributed by atoms with Crippen molar-refractivity contribution in [3.8, 4) is 0 Å². The molecule has 14 heteroatoms. The second kappa shape index (κ2) is 21.8. The van der Waals surface area contributed by atoms with Gasteiger partial charge >= 0.3 is 17.9 Å². The van der Waals surface area contributed by atoms with E-state index >= 15 is 0 Å². The van der Waals surface area contributed by atoms with Gasteiger partial charge in [0.1, 0.15) is 12.6 Å². The van der Waals surface area contributed by atoms with E-state index in [0.717, 1.165) is 5.56 Å². The molecule has 0 radical (unpaired) electrons. The lowest BCUT2D eigenvalue weighted by atomic mass is 9.86. The van der Waals surface area contributed by atoms with Crippen LogP contribution < -0.4 is 10.6 Å². The Labute approximate surface area is 311 Å². The number of benzene rings is 2. The number of hydrogen-bond donors (Lipinski definition) is 2. The maximum Gasteiger partial charge on any atom is 0.308 e. The monoisotopic (exact) mass is 760 g/mol. The van der Waals surface area contributed by atoms with E-state index in [0.29, 0.717) is 5.56 Å². The van der Waals surface area contributed by atoms with Crippen molar-refractivity contribution in [1.82, 2.24) is 10.6 Å². The first kappa shape index (κ1) is 43.7. The van der Waals surface area contributed by atoms with E-state index in [4.69, 9.17) is 25.8 Å². The Morgan fingerprint density at radius 3 is 1.81 bits per heavy atom. The summed E-state index contributed by atoms with van der Waals surface area (Å²) < 4.78 is 27.7. The summed E-state index contributed by atoms with van der Waals surface area (Å²) in [4.78, 5) is 79.2. The SMILES string of the molecule is C=S(C)(=O)/C(Cl)=C/[C@H](CC(=O)OCC)NC(=O)[C@@H](CC(=O)[C@@H](NC(=O)[C@H](CC(=O)OCC)CC(=O)OCc1ccccc1)c1ccccc1)C(C)C. The molecule has 2 aromatic carbocycles. The fraction of sp³-hybridized carbons (Fsp3) is 0.447. The molecular formula is C38H49ClN2O10S. The summed E-state index contributed by atoms with van der Waals surface area (Å²) in [5, 5.41) is 5.42. The molecule has 0 saturated heterocycles. The Morgan fingerprint density at radius 1 is 0.769 bits per heavy atom. The van der Waals surface area contributed by atoms with E-state index in [1.165, 1.54) is 12.3 Å². The molecule has 0 fully saturated rings. The van der Waals surface area contributed by atoms with Crippen molar-refractivity contribution in [3.05, 3.63) is 82.2 Å². The molecule has 0 spiro atoms. The van der Waals surface area contributed by atoms with Gasteiger partial charge in [-0.15, -0.1) is 0 Å². The highest BCUT2D eigenvalue weighted by molar-refractivity contribution is 8.04. The van der Waals surface area contributed by atoms with Gasteiger partial charge in [0.2, 0.25) is 11.8 Å². The lowest BCUT2D eigenvalue weighted by molar-refractivity contribution is -0.151. The highest BCUT2D eigenvalue weighted by Gasteiger charge is 2.34. The molecule has 12 nitrogen and oxygen atoms in total. The van der Waals surface area contributed by atoms with Crippen molar-refractivity contribution in [2.24, 2.45) is 17.8 Å². The van der Waals surface area contributed by atoms with Crippen LogP contribution in [0.1, 0.15) is 70.5 Å². The lowest BCUT2D eigenvalue weighted by Gasteiger charge is -2.26. The van der Waals surface area contributed by atoms with E-state index in [1.807, 2.05) is 6.07 Å². The molecule has 2 N–H and O–H groups in total. The van der Waals surface area contributed by atoms with Crippen molar-refractivity contribution in [1.29, 1.82) is 0 Å². The van der Waals surface area contributed by atoms with E-state index in [-0.39, 0.29) is 37.0 Å². The van der Waals surface area contributed by atoms with Crippen LogP contribution in [-0.4, -0.2) is 71.1 Å². The largest absolute Gasteiger partial charge is 0.466 e. The van der Waals surface area contributed by atoms with Crippen molar-refractivity contribution in [2.75, 3.05) is 19.5 Å². The van der Waals surface area contributed by atoms with E-state index in [9.17, 15) is 33.0 Å². The molecule has 0 aliphatic carbocycles. The molecule has 0 aromatic heterocycles. The maximum atomic E-state index is 14.1. The molecule has 2 aromatic rings. The number of hydrogen-bond acceptors (Lipinski definition) is 10. The summed E-state index contributed by atoms with van der Waals surface area (Å²) >= 11 is 6.20. The third-order valence-electron chi connectivity index (χ3n) is 7.81. The molecule has 5 atom stereocenters. The number of carbonyl (C=O) groups excluding carboxylic acids is 6. The van der Waals surface area contributed by atoms with Crippen molar-refractivity contribution in [3.63, 3.8) is 0 Å². The molecular weight excluding hydrogens is 712 g/mol. The second-order valence-electron chi connectivity index (χ2n) is 12.5. The minimum absolute atomic E-state index is 0.0352. The summed E-state index contributed by atoms with van der Waals surface area (Å²) in [5.74, 6) is -2.98. The van der Waals surface area contributed by atoms with Gasteiger partial charge in [-0.2, -0.15) is 0 Å². The number of ketones is 1. The first-order valence-corrected chi connectivity index (χ1v) is 19.5. The first-order chi connectivity index (χ1) is 24.5. The number of nitrogens with one attached hydrogen (secondary N) is 2. The van der Waals surface area contributed by atoms with Gasteiger partial charge in [0.25, 0.3) is 0 Å². The van der Waals surface area contributed by atoms with Crippen LogP contribution in [0.5, 0.6) is 0 Å². The van der Waals surface area contributed by atoms with Gasteiger partial charge in [-0.25, -0.2) is 0 Å². The van der Waals surface area contributed by atoms with Crippen LogP contribution in [0.2, 0.25) is 0 Å². The van der Waals surface area contributed by atoms with Crippen molar-refractivity contribution >= 4 is 62.5 Å². The van der Waals surface area contributed by atoms with E-state index in [1.54, 1.807) is 82.3 Å². The summed E-state index contributed by atoms with van der Waals surface area (Å²) in [7, 11) is -2.86. The maximum absolute atomic E-state index is 14.1. The number of amides is 2. The quantitative estimate of drug-likeness (QED) is 0.104. The fourth-order valence-corrected chi connectivity index (χ4v) is 5.65. The second-order valence-corrected chi connectivity index (χ2v) is 15.6. The predicted octanol–water partition coefficient (Wildman–Crippen LogP) is 4.64. The first-order valence-electron chi connectivity index (χ1n) is 16.9. The summed E-state index contributed by atoms with van der Waals surface area (Å²) in [6, 6.07) is 15.0. The van der Waals surface area contributed by atoms with Gasteiger partial charge in [-0.3, -0.25) is 33.0 Å². The minimum atomic E-state index is -2.86. The smallest absolute Gasteiger partial charge is 0.308 e. The average molecular weight is 761 g/mol. The molecule has 0 bridgehead atoms. The lowest BCUT2D eigenvalue weighted by Crippen LogP contribution is -2.44. The summed E-state index contributed by atoms with van der Waals surface area (Å²) in [6.07, 6.45) is 1.03. The highest BCUT2D eigenvalue weighted by atomic mass is 35.5. The van der Waals surface area contributed by atoms with Crippen molar-refractivity contribution in [2.45, 2.75) is 72.1 Å². The number of Topliss-reactive ketones (excluding diaryl/α,β-unsaturated/α-hetero) is 1. The van der Waals surface area contributed by atoms with Gasteiger partial charge in [0.15, 0.2) is 5.78 Å². The highest BCUT2D eigenvalue weighted by Crippen LogP contribution is 2.25. The van der Waals surface area contributed by atoms with Crippen LogP contribution in [-0.2, 0) is 59.1 Å². The summed E-state index contributed by atoms with van der Waals surface area (Å²) in [5.41, 5.74) is 1.15. The van der Waals surface area contributed by atoms with Crippen LogP contribution in [0.3, 0.4) is 0 Å². The molecule has 284 valence electrons. The molecule has 0 heterocycles. The Hall–Kier alpha value is -4.49. The van der Waals surface area contributed by atoms with Gasteiger partial charge in [0, 0.05) is 28.1 Å². The number of halogens is 1. The van der Waals surface area contributed by atoms with E-state index in [2.05, 4.69) is 16.5 Å². The van der Waals surface area contributed by atoms with Crippen LogP contribution >= 0.6 is 11.6 Å². The normalized spacial score (nSPS) is 14.9. The minimum Gasteiger partial charge on any atom is -0.466 e. The van der Waals surface area contributed by atoms with Crippen LogP contribution in [0.4, 0.5) is 0 Å². The third kappa shape index (κ3) is 15.4. The zero-order chi connectivity index (χ0) is 38.8. The van der Waals surface area contributed by atoms with Gasteiger partial charge in [-0.05, 0) is 42.8 Å². The molecule has 2 amide bonds. The molecule has 2 rings (SSSR count). The Bertz CT molecular complexity index is 1660. The van der Waals surface area contributed by atoms with Gasteiger partial charge in [0.05, 0.1) is 48.8 Å². The summed E-state index contributed by atoms with van der Waals surface area (Å²) in [6.45, 7) is 6.84. The molecule has 0 aliphatic heterocycles. The average Bonchev–Trinajstić information content (AvgIpc) is 3.08. The van der Waals surface area contributed by atoms with Crippen molar-refractivity contribution < 1.29 is 47.2 Å². The van der Waals surface area contributed by atoms with Crippen LogP contribution in [0.25, 0.3) is 0 Å². The Morgan fingerprint density at radius 2 is 1.29 bits per heavy atom. The number of rotatable bonds is 21. The molecule has 52 heavy (non-hydrogen) atoms. The van der Waals surface area contributed by atoms with E-state index < -0.39 is 87.7 Å². The Balaban J connectivity index is 2.35. The number of esters is 3. The van der Waals surface area contributed by atoms with Crippen LogP contribution in [0.15, 0.2) is 71.1 Å². The predicted molar refractivity (Wildman–Crippen MR) is 199 cm³/mol. The molecule has 1 unspecified atom stereocenters. The Kier molecular flexibility index (Phi) is 18.3. The number of carbonyl (C=O) groups is 6. The third-order valence-corrected chi connectivity index (χ3v) is 9.88. The molecule has 0 saturated carbocycles. The van der Waals surface area contributed by atoms with Crippen LogP contribution in [0, 0.1) is 17.8 Å². The standard InChI is InChI=1S/C38H49ClN2O10S/c1-7-49-33(43)19-28(20-34(44)51-24-26-15-11-9-12-16-26)37(46)41-36(27-17-13-10-14-18-27)31(42)23-30(25(3)4)38(47)40-29(22-35(45)50-8-2)21-32(39)52(5,6)48/h9-18,21,25,28-30,36H,5,7-8,19-20,22-24H2,1-4,6H3,(H,40,47)(H,41,46)/b32-21+/t28-,29-,30+,36+,52?/m1/s1. The zero-order valence-electron chi connectivity index (χ0n) is 30.3. The number of ether oxygens (including phenoxy) is 3.